The van der Waals surface area contributed by atoms with E-state index in [1.54, 1.807) is 0 Å². The first kappa shape index (κ1) is 11.9. The van der Waals surface area contributed by atoms with Crippen LogP contribution < -0.4 is 0 Å². The second-order valence-corrected chi connectivity index (χ2v) is 3.60. The molecule has 0 aliphatic carbocycles. The van der Waals surface area contributed by atoms with Gasteiger partial charge in [0.15, 0.2) is 0 Å². The van der Waals surface area contributed by atoms with Crippen LogP contribution in [0.4, 0.5) is 5.82 Å². The number of aromatic nitrogens is 3. The molecule has 1 rings (SSSR count). The highest BCUT2D eigenvalue weighted by Crippen LogP contribution is 2.20. The first-order chi connectivity index (χ1) is 7.16. The molecule has 1 aromatic rings. The Balaban J connectivity index is 2.57. The first-order valence-electron chi connectivity index (χ1n) is 4.90. The fraction of sp³-hybridized carbons (Fsp3) is 0.750. The molecule has 0 radical (unpaired) electrons. The van der Waals surface area contributed by atoms with Gasteiger partial charge in [-0.25, -0.2) is 0 Å². The van der Waals surface area contributed by atoms with Gasteiger partial charge in [0, 0.05) is 5.21 Å². The predicted molar refractivity (Wildman–Crippen MR) is 55.8 cm³/mol. The Morgan fingerprint density at radius 2 is 2.20 bits per heavy atom. The highest BCUT2D eigenvalue weighted by atomic mass is 35.5. The van der Waals surface area contributed by atoms with Crippen molar-refractivity contribution in [2.45, 2.75) is 39.2 Å². The third kappa shape index (κ3) is 3.16. The Labute approximate surface area is 92.4 Å². The average molecular weight is 233 g/mol. The summed E-state index contributed by atoms with van der Waals surface area (Å²) < 4.78 is 1.25. The fourth-order valence-corrected chi connectivity index (χ4v) is 1.50. The van der Waals surface area contributed by atoms with Crippen LogP contribution in [0.2, 0.25) is 5.15 Å². The van der Waals surface area contributed by atoms with Gasteiger partial charge < -0.3 is 10.1 Å². The van der Waals surface area contributed by atoms with Crippen molar-refractivity contribution in [2.75, 3.05) is 0 Å². The van der Waals surface area contributed by atoms with E-state index in [2.05, 4.69) is 17.2 Å². The number of hydrogen-bond acceptors (Lipinski definition) is 4. The van der Waals surface area contributed by atoms with Crippen molar-refractivity contribution in [1.82, 2.24) is 15.0 Å². The highest BCUT2D eigenvalue weighted by molar-refractivity contribution is 6.31. The highest BCUT2D eigenvalue weighted by Gasteiger charge is 2.21. The van der Waals surface area contributed by atoms with Crippen molar-refractivity contribution in [2.24, 2.45) is 0 Å². The lowest BCUT2D eigenvalue weighted by atomic mass is 10.2. The molecule has 0 aliphatic rings. The number of halogens is 1. The molecule has 84 valence electrons. The van der Waals surface area contributed by atoms with Crippen molar-refractivity contribution in [1.29, 1.82) is 0 Å². The van der Waals surface area contributed by atoms with E-state index in [-0.39, 0.29) is 11.0 Å². The van der Waals surface area contributed by atoms with Crippen LogP contribution in [0.15, 0.2) is 0 Å². The number of nitro groups is 1. The summed E-state index contributed by atoms with van der Waals surface area (Å²) in [7, 11) is 0. The van der Waals surface area contributed by atoms with Gasteiger partial charge in [0.25, 0.3) is 5.15 Å². The van der Waals surface area contributed by atoms with Gasteiger partial charge in [0.1, 0.15) is 6.54 Å². The minimum atomic E-state index is -0.553. The summed E-state index contributed by atoms with van der Waals surface area (Å²) in [5, 5.41) is 17.6. The van der Waals surface area contributed by atoms with E-state index >= 15 is 0 Å². The maximum Gasteiger partial charge on any atom is 0.384 e. The van der Waals surface area contributed by atoms with Crippen molar-refractivity contribution in [3.05, 3.63) is 15.3 Å². The maximum absolute atomic E-state index is 10.6. The molecular formula is C8H13ClN4O2. The molecule has 0 unspecified atom stereocenters. The third-order valence-electron chi connectivity index (χ3n) is 2.07. The van der Waals surface area contributed by atoms with E-state index < -0.39 is 4.92 Å². The Morgan fingerprint density at radius 1 is 1.47 bits per heavy atom. The number of rotatable bonds is 6. The van der Waals surface area contributed by atoms with Gasteiger partial charge in [-0.1, -0.05) is 36.5 Å². The van der Waals surface area contributed by atoms with E-state index in [1.807, 2.05) is 0 Å². The molecule has 0 bridgehead atoms. The van der Waals surface area contributed by atoms with Crippen LogP contribution in [0.5, 0.6) is 0 Å². The quantitative estimate of drug-likeness (QED) is 0.429. The zero-order valence-corrected chi connectivity index (χ0v) is 9.27. The molecule has 15 heavy (non-hydrogen) atoms. The summed E-state index contributed by atoms with van der Waals surface area (Å²) in [5.41, 5.74) is 0. The molecule has 1 aromatic heterocycles. The predicted octanol–water partition coefficient (Wildman–Crippen LogP) is 2.42. The number of unbranched alkanes of at least 4 members (excludes halogenated alkanes) is 3. The van der Waals surface area contributed by atoms with E-state index in [4.69, 9.17) is 11.6 Å². The van der Waals surface area contributed by atoms with Gasteiger partial charge in [-0.3, -0.25) is 0 Å². The first-order valence-corrected chi connectivity index (χ1v) is 5.28. The lowest BCUT2D eigenvalue weighted by Gasteiger charge is -1.98. The van der Waals surface area contributed by atoms with Crippen LogP contribution in [0.1, 0.15) is 32.6 Å². The molecule has 0 aliphatic heterocycles. The summed E-state index contributed by atoms with van der Waals surface area (Å²) in [5.74, 6) is -0.215. The van der Waals surface area contributed by atoms with Gasteiger partial charge in [0.05, 0.1) is 0 Å². The lowest BCUT2D eigenvalue weighted by molar-refractivity contribution is -0.392. The van der Waals surface area contributed by atoms with E-state index in [0.717, 1.165) is 25.7 Å². The monoisotopic (exact) mass is 232 g/mol. The Morgan fingerprint density at radius 3 is 2.80 bits per heavy atom. The molecule has 0 saturated heterocycles. The number of hydrogen-bond donors (Lipinski definition) is 0. The molecule has 0 N–H and O–H groups in total. The summed E-state index contributed by atoms with van der Waals surface area (Å²) in [6.45, 7) is 2.60. The van der Waals surface area contributed by atoms with Crippen LogP contribution in [0, 0.1) is 10.1 Å². The maximum atomic E-state index is 10.6. The minimum absolute atomic E-state index is 0.143. The van der Waals surface area contributed by atoms with Crippen molar-refractivity contribution in [3.8, 4) is 0 Å². The molecular weight excluding hydrogens is 220 g/mol. The lowest BCUT2D eigenvalue weighted by Crippen LogP contribution is -2.05. The van der Waals surface area contributed by atoms with Crippen LogP contribution in [0.25, 0.3) is 0 Å². The number of aryl methyl sites for hydroxylation is 1. The van der Waals surface area contributed by atoms with E-state index in [0.29, 0.717) is 6.54 Å². The zero-order chi connectivity index (χ0) is 11.3. The van der Waals surface area contributed by atoms with Crippen molar-refractivity contribution < 1.29 is 4.92 Å². The Kier molecular flexibility index (Phi) is 4.48. The second kappa shape index (κ2) is 5.65. The van der Waals surface area contributed by atoms with Crippen LogP contribution in [-0.4, -0.2) is 19.9 Å². The molecule has 0 fully saturated rings. The average Bonchev–Trinajstić information content (AvgIpc) is 2.54. The van der Waals surface area contributed by atoms with E-state index in [9.17, 15) is 10.1 Å². The molecule has 0 aromatic carbocycles. The Bertz CT molecular complexity index is 339. The Hall–Kier alpha value is -1.17. The molecule has 6 nitrogen and oxygen atoms in total. The van der Waals surface area contributed by atoms with Gasteiger partial charge >= 0.3 is 5.82 Å². The van der Waals surface area contributed by atoms with Crippen molar-refractivity contribution in [3.63, 3.8) is 0 Å². The number of nitrogens with zero attached hydrogens (tertiary/aromatic N) is 4. The van der Waals surface area contributed by atoms with Crippen LogP contribution in [0.3, 0.4) is 0 Å². The minimum Gasteiger partial charge on any atom is -0.358 e. The fourth-order valence-electron chi connectivity index (χ4n) is 1.30. The molecule has 7 heteroatoms. The van der Waals surface area contributed by atoms with Gasteiger partial charge in [0.2, 0.25) is 0 Å². The van der Waals surface area contributed by atoms with Gasteiger partial charge in [-0.15, -0.1) is 4.68 Å². The second-order valence-electron chi connectivity index (χ2n) is 3.24. The van der Waals surface area contributed by atoms with Crippen LogP contribution >= 0.6 is 11.6 Å². The molecule has 0 amide bonds. The van der Waals surface area contributed by atoms with Gasteiger partial charge in [-0.2, -0.15) is 0 Å². The summed E-state index contributed by atoms with van der Waals surface area (Å²) in [4.78, 5) is 10.1. The molecule has 0 saturated carbocycles. The summed E-state index contributed by atoms with van der Waals surface area (Å²) in [6, 6.07) is 0. The molecule has 1 heterocycles. The zero-order valence-electron chi connectivity index (χ0n) is 8.52. The van der Waals surface area contributed by atoms with Crippen molar-refractivity contribution >= 4 is 17.4 Å². The largest absolute Gasteiger partial charge is 0.384 e. The topological polar surface area (TPSA) is 73.8 Å². The smallest absolute Gasteiger partial charge is 0.358 e. The summed E-state index contributed by atoms with van der Waals surface area (Å²) in [6.07, 6.45) is 4.13. The van der Waals surface area contributed by atoms with E-state index in [1.165, 1.54) is 4.68 Å². The van der Waals surface area contributed by atoms with Crippen LogP contribution in [-0.2, 0) is 6.54 Å². The third-order valence-corrected chi connectivity index (χ3v) is 2.31. The SMILES string of the molecule is CCCCCCn1nnc(Cl)c1[N+](=O)[O-]. The normalized spacial score (nSPS) is 10.5. The van der Waals surface area contributed by atoms with Gasteiger partial charge in [-0.05, 0) is 17.8 Å². The molecule has 0 atom stereocenters. The summed E-state index contributed by atoms with van der Waals surface area (Å²) >= 11 is 5.54. The standard InChI is InChI=1S/C8H13ClN4O2/c1-2-3-4-5-6-12-8(13(14)15)7(9)10-11-12/h2-6H2,1H3. The molecule has 0 spiro atoms.